The molecule has 0 saturated carbocycles. The van der Waals surface area contributed by atoms with Crippen LogP contribution in [0.3, 0.4) is 0 Å². The van der Waals surface area contributed by atoms with Gasteiger partial charge in [0.15, 0.2) is 11.5 Å². The van der Waals surface area contributed by atoms with Crippen molar-refractivity contribution in [2.45, 2.75) is 51.1 Å². The molecule has 1 saturated heterocycles. The Labute approximate surface area is 217 Å². The topological polar surface area (TPSA) is 98.7 Å². The fourth-order valence-corrected chi connectivity index (χ4v) is 4.65. The lowest BCUT2D eigenvalue weighted by molar-refractivity contribution is -0.121. The lowest BCUT2D eigenvalue weighted by Crippen LogP contribution is -2.35. The van der Waals surface area contributed by atoms with Crippen LogP contribution in [0, 0.1) is 0 Å². The van der Waals surface area contributed by atoms with Crippen LogP contribution in [0.15, 0.2) is 35.3 Å². The summed E-state index contributed by atoms with van der Waals surface area (Å²) in [4.78, 5) is 31.7. The maximum absolute atomic E-state index is 13.0. The van der Waals surface area contributed by atoms with Crippen molar-refractivity contribution in [2.75, 3.05) is 34.5 Å². The summed E-state index contributed by atoms with van der Waals surface area (Å²) < 4.78 is 22.1. The number of benzene rings is 2. The molecule has 9 nitrogen and oxygen atoms in total. The van der Waals surface area contributed by atoms with Gasteiger partial charge in [-0.3, -0.25) is 14.6 Å². The van der Waals surface area contributed by atoms with Crippen LogP contribution < -0.4 is 24.3 Å². The highest BCUT2D eigenvalue weighted by Crippen LogP contribution is 2.38. The fourth-order valence-electron chi connectivity index (χ4n) is 4.65. The number of carbonyl (C=O) groups excluding carboxylic acids is 2. The van der Waals surface area contributed by atoms with E-state index in [9.17, 15) is 9.59 Å². The van der Waals surface area contributed by atoms with Crippen molar-refractivity contribution in [1.29, 1.82) is 0 Å². The van der Waals surface area contributed by atoms with E-state index in [0.717, 1.165) is 44.2 Å². The summed E-state index contributed by atoms with van der Waals surface area (Å²) in [6.45, 7) is 1.63. The second-order valence-corrected chi connectivity index (χ2v) is 9.12. The quantitative estimate of drug-likeness (QED) is 0.429. The molecular weight excluding hydrogens is 474 g/mol. The second-order valence-electron chi connectivity index (χ2n) is 9.12. The van der Waals surface area contributed by atoms with Crippen molar-refractivity contribution < 1.29 is 28.5 Å². The number of nitrogens with one attached hydrogen (secondary N) is 1. The Hall–Kier alpha value is -3.75. The molecule has 2 heterocycles. The number of hydrogen-bond acceptors (Lipinski definition) is 7. The van der Waals surface area contributed by atoms with Gasteiger partial charge in [-0.1, -0.05) is 0 Å². The van der Waals surface area contributed by atoms with Gasteiger partial charge in [-0.15, -0.1) is 0 Å². The minimum Gasteiger partial charge on any atom is -0.497 e. The summed E-state index contributed by atoms with van der Waals surface area (Å²) in [6, 6.07) is 9.10. The number of carbonyl (C=O) groups is 2. The maximum Gasteiger partial charge on any atom is 0.256 e. The molecule has 0 aliphatic carbocycles. The van der Waals surface area contributed by atoms with Gasteiger partial charge in [0.2, 0.25) is 5.91 Å². The summed E-state index contributed by atoms with van der Waals surface area (Å²) in [6.07, 6.45) is 6.63. The van der Waals surface area contributed by atoms with E-state index in [4.69, 9.17) is 18.9 Å². The van der Waals surface area contributed by atoms with Gasteiger partial charge >= 0.3 is 0 Å². The van der Waals surface area contributed by atoms with Crippen LogP contribution in [0.25, 0.3) is 0 Å². The average molecular weight is 510 g/mol. The largest absolute Gasteiger partial charge is 0.497 e. The first-order valence-electron chi connectivity index (χ1n) is 12.7. The Morgan fingerprint density at radius 2 is 1.86 bits per heavy atom. The third-order valence-electron chi connectivity index (χ3n) is 6.73. The monoisotopic (exact) mass is 509 g/mol. The van der Waals surface area contributed by atoms with Gasteiger partial charge in [0.25, 0.3) is 5.91 Å². The van der Waals surface area contributed by atoms with E-state index in [1.54, 1.807) is 39.5 Å². The van der Waals surface area contributed by atoms with Crippen LogP contribution in [0.2, 0.25) is 0 Å². The number of amides is 2. The Morgan fingerprint density at radius 3 is 2.65 bits per heavy atom. The molecule has 0 unspecified atom stereocenters. The number of unbranched alkanes of at least 4 members (excludes halogenated alkanes) is 2. The van der Waals surface area contributed by atoms with Gasteiger partial charge in [-0.2, -0.15) is 0 Å². The van der Waals surface area contributed by atoms with Crippen molar-refractivity contribution in [2.24, 2.45) is 4.99 Å². The summed E-state index contributed by atoms with van der Waals surface area (Å²) in [7, 11) is 4.77. The smallest absolute Gasteiger partial charge is 0.256 e. The average Bonchev–Trinajstić information content (AvgIpc) is 3.36. The Balaban J connectivity index is 1.21. The number of methoxy groups -OCH3 is 3. The highest BCUT2D eigenvalue weighted by Gasteiger charge is 2.32. The number of fused-ring (bicyclic) bond motifs is 2. The fraction of sp³-hybridized carbons (Fsp3) is 0.464. The molecule has 37 heavy (non-hydrogen) atoms. The highest BCUT2D eigenvalue weighted by molar-refractivity contribution is 6.03. The van der Waals surface area contributed by atoms with Crippen molar-refractivity contribution >= 4 is 23.7 Å². The van der Waals surface area contributed by atoms with E-state index in [0.29, 0.717) is 53.8 Å². The van der Waals surface area contributed by atoms with Gasteiger partial charge in [-0.05, 0) is 50.3 Å². The lowest BCUT2D eigenvalue weighted by Gasteiger charge is -2.20. The molecule has 0 spiro atoms. The molecule has 0 radical (unpaired) electrons. The molecule has 2 aliphatic heterocycles. The van der Waals surface area contributed by atoms with E-state index >= 15 is 0 Å². The van der Waals surface area contributed by atoms with Crippen LogP contribution in [-0.4, -0.2) is 63.5 Å². The van der Waals surface area contributed by atoms with Crippen LogP contribution in [0.5, 0.6) is 23.0 Å². The molecule has 2 aliphatic rings. The zero-order chi connectivity index (χ0) is 26.2. The van der Waals surface area contributed by atoms with E-state index in [2.05, 4.69) is 10.3 Å². The third-order valence-corrected chi connectivity index (χ3v) is 6.73. The van der Waals surface area contributed by atoms with E-state index < -0.39 is 0 Å². The molecule has 1 atom stereocenters. The Morgan fingerprint density at radius 1 is 1.03 bits per heavy atom. The second kappa shape index (κ2) is 12.5. The van der Waals surface area contributed by atoms with Gasteiger partial charge in [0, 0.05) is 43.4 Å². The van der Waals surface area contributed by atoms with Gasteiger partial charge in [-0.25, -0.2) is 0 Å². The molecule has 0 bridgehead atoms. The van der Waals surface area contributed by atoms with Crippen LogP contribution in [-0.2, 0) is 11.3 Å². The molecule has 9 heteroatoms. The molecule has 2 aromatic rings. The molecule has 2 amide bonds. The van der Waals surface area contributed by atoms with Crippen LogP contribution >= 0.6 is 0 Å². The van der Waals surface area contributed by atoms with Crippen LogP contribution in [0.1, 0.15) is 54.4 Å². The Bertz CT molecular complexity index is 1150. The first kappa shape index (κ1) is 26.3. The van der Waals surface area contributed by atoms with Crippen LogP contribution in [0.4, 0.5) is 5.69 Å². The van der Waals surface area contributed by atoms with Crippen molar-refractivity contribution in [3.63, 3.8) is 0 Å². The number of hydrogen-bond donors (Lipinski definition) is 1. The van der Waals surface area contributed by atoms with E-state index in [-0.39, 0.29) is 17.9 Å². The third kappa shape index (κ3) is 6.34. The maximum atomic E-state index is 13.0. The Kier molecular flexibility index (Phi) is 8.87. The molecule has 198 valence electrons. The van der Waals surface area contributed by atoms with Crippen molar-refractivity contribution in [3.05, 3.63) is 41.5 Å². The molecule has 4 rings (SSSR count). The van der Waals surface area contributed by atoms with Gasteiger partial charge in [0.1, 0.15) is 11.5 Å². The summed E-state index contributed by atoms with van der Waals surface area (Å²) in [5.74, 6) is 2.46. The molecule has 1 fully saturated rings. The summed E-state index contributed by atoms with van der Waals surface area (Å²) in [5.41, 5.74) is 2.05. The zero-order valence-corrected chi connectivity index (χ0v) is 21.7. The van der Waals surface area contributed by atoms with Gasteiger partial charge < -0.3 is 29.2 Å². The highest BCUT2D eigenvalue weighted by atomic mass is 16.5. The molecule has 0 aromatic heterocycles. The lowest BCUT2D eigenvalue weighted by atomic mass is 10.1. The number of aliphatic imine (C=N–C) groups is 1. The SMILES string of the molecule is COc1ccc(CNC(=O)CCCCCOc2cc3c(cc2OC)C(=O)N2CCC[C@H]2C=N3)c(OC)c1. The van der Waals surface area contributed by atoms with Gasteiger partial charge in [0.05, 0.1) is 45.2 Å². The molecule has 2 aromatic carbocycles. The van der Waals surface area contributed by atoms with Crippen molar-refractivity contribution in [3.8, 4) is 23.0 Å². The van der Waals surface area contributed by atoms with E-state index in [1.807, 2.05) is 23.2 Å². The minimum absolute atomic E-state index is 0.00533. The predicted octanol–water partition coefficient (Wildman–Crippen LogP) is 4.29. The van der Waals surface area contributed by atoms with E-state index in [1.165, 1.54) is 0 Å². The first-order chi connectivity index (χ1) is 18.0. The summed E-state index contributed by atoms with van der Waals surface area (Å²) in [5, 5.41) is 2.94. The standard InChI is InChI=1S/C28H35N3O6/c1-34-21-11-10-19(24(14-21)35-2)17-30-27(32)9-5-4-6-13-37-26-16-23-22(15-25(26)36-3)28(33)31-12-7-8-20(31)18-29-23/h10-11,14-16,18,20H,4-9,12-13,17H2,1-3H3,(H,30,32)/t20-/m0/s1. The molecule has 1 N–H and O–H groups in total. The molecular formula is C28H35N3O6. The normalized spacial score (nSPS) is 16.0. The minimum atomic E-state index is -0.0106. The predicted molar refractivity (Wildman–Crippen MR) is 141 cm³/mol. The van der Waals surface area contributed by atoms with Crippen molar-refractivity contribution in [1.82, 2.24) is 10.2 Å². The number of ether oxygens (including phenoxy) is 4. The zero-order valence-electron chi connectivity index (χ0n) is 21.7. The first-order valence-corrected chi connectivity index (χ1v) is 12.7. The summed E-state index contributed by atoms with van der Waals surface area (Å²) >= 11 is 0. The number of nitrogens with zero attached hydrogens (tertiary/aromatic N) is 2. The number of rotatable bonds is 12.